The number of carbonyl (C=O) groups excluding carboxylic acids is 2. The average molecular weight is 482 g/mol. The third kappa shape index (κ3) is 5.80. The maximum Gasteiger partial charge on any atom is 0.436 e. The van der Waals surface area contributed by atoms with E-state index in [0.29, 0.717) is 17.9 Å². The van der Waals surface area contributed by atoms with Crippen LogP contribution in [0.25, 0.3) is 0 Å². The van der Waals surface area contributed by atoms with Gasteiger partial charge in [-0.25, -0.2) is 0 Å². The van der Waals surface area contributed by atoms with E-state index in [2.05, 4.69) is 20.7 Å². The molecule has 12 heteroatoms. The van der Waals surface area contributed by atoms with E-state index >= 15 is 0 Å². The second-order valence-corrected chi connectivity index (χ2v) is 7.21. The number of rotatable bonds is 7. The first kappa shape index (κ1) is 24.1. The van der Waals surface area contributed by atoms with Crippen LogP contribution in [0.3, 0.4) is 0 Å². The van der Waals surface area contributed by atoms with Crippen LogP contribution < -0.4 is 15.4 Å². The second kappa shape index (κ2) is 9.90. The molecule has 33 heavy (non-hydrogen) atoms. The molecule has 0 radical (unpaired) electrons. The Bertz CT molecular complexity index is 1180. The maximum absolute atomic E-state index is 13.1. The summed E-state index contributed by atoms with van der Waals surface area (Å²) in [5, 5.41) is 7.81. The van der Waals surface area contributed by atoms with Crippen LogP contribution in [-0.4, -0.2) is 40.2 Å². The van der Waals surface area contributed by atoms with Crippen LogP contribution in [0.5, 0.6) is 11.5 Å². The van der Waals surface area contributed by atoms with Crippen LogP contribution in [-0.2, 0) is 19.6 Å². The lowest BCUT2D eigenvalue weighted by Crippen LogP contribution is -2.28. The Morgan fingerprint density at radius 3 is 2.58 bits per heavy atom. The van der Waals surface area contributed by atoms with E-state index in [9.17, 15) is 22.8 Å². The van der Waals surface area contributed by atoms with Crippen molar-refractivity contribution in [3.8, 4) is 11.5 Å². The molecular formula is C21H19ClF3N5O3. The van der Waals surface area contributed by atoms with Gasteiger partial charge in [0, 0.05) is 32.9 Å². The highest BCUT2D eigenvalue weighted by atomic mass is 35.5. The monoisotopic (exact) mass is 481 g/mol. The van der Waals surface area contributed by atoms with Crippen molar-refractivity contribution in [2.75, 3.05) is 13.6 Å². The Hall–Kier alpha value is -3.60. The molecule has 0 saturated heterocycles. The van der Waals surface area contributed by atoms with E-state index in [1.54, 1.807) is 30.3 Å². The number of pyridine rings is 1. The van der Waals surface area contributed by atoms with Crippen molar-refractivity contribution < 1.29 is 27.5 Å². The lowest BCUT2D eigenvalue weighted by atomic mass is 10.1. The van der Waals surface area contributed by atoms with E-state index in [1.165, 1.54) is 26.4 Å². The zero-order valence-corrected chi connectivity index (χ0v) is 18.3. The number of benzene rings is 1. The number of alkyl halides is 3. The number of carbonyl (C=O) groups is 2. The van der Waals surface area contributed by atoms with Crippen LogP contribution in [0.4, 0.5) is 13.2 Å². The molecule has 0 bridgehead atoms. The molecule has 2 heterocycles. The summed E-state index contributed by atoms with van der Waals surface area (Å²) < 4.78 is 46.0. The quantitative estimate of drug-likeness (QED) is 0.537. The van der Waals surface area contributed by atoms with Crippen LogP contribution >= 0.6 is 11.6 Å². The summed E-state index contributed by atoms with van der Waals surface area (Å²) in [5.74, 6) is -0.443. The fraction of sp³-hybridized carbons (Fsp3) is 0.238. The summed E-state index contributed by atoms with van der Waals surface area (Å²) in [6.45, 7) is 0.0564. The standard InChI is InChI=1S/C21H19ClF3N5O3/c1-26-19(31)15-11-14(7-9-27-15)33-13-5-3-4-12(10-13)6-8-28-20(32)16-17(21(23,24)25)29-30(2)18(16)22/h3-5,7,9-11H,6,8H2,1-2H3,(H,26,31)(H,28,32). The number of nitrogens with one attached hydrogen (secondary N) is 2. The van der Waals surface area contributed by atoms with Crippen molar-refractivity contribution in [1.82, 2.24) is 25.4 Å². The van der Waals surface area contributed by atoms with E-state index in [-0.39, 0.29) is 18.1 Å². The van der Waals surface area contributed by atoms with E-state index < -0.39 is 28.5 Å². The van der Waals surface area contributed by atoms with Gasteiger partial charge in [0.05, 0.1) is 0 Å². The summed E-state index contributed by atoms with van der Waals surface area (Å²) in [4.78, 5) is 28.0. The van der Waals surface area contributed by atoms with Crippen LogP contribution in [0.15, 0.2) is 42.6 Å². The van der Waals surface area contributed by atoms with Gasteiger partial charge in [0.2, 0.25) is 0 Å². The smallest absolute Gasteiger partial charge is 0.436 e. The number of amides is 2. The molecule has 0 unspecified atom stereocenters. The van der Waals surface area contributed by atoms with Gasteiger partial charge in [0.25, 0.3) is 11.8 Å². The zero-order valence-electron chi connectivity index (χ0n) is 17.5. The Labute approximate surface area is 191 Å². The Morgan fingerprint density at radius 2 is 1.88 bits per heavy atom. The predicted molar refractivity (Wildman–Crippen MR) is 113 cm³/mol. The van der Waals surface area contributed by atoms with Crippen molar-refractivity contribution in [1.29, 1.82) is 0 Å². The predicted octanol–water partition coefficient (Wildman–Crippen LogP) is 3.61. The number of nitrogens with zero attached hydrogens (tertiary/aromatic N) is 3. The van der Waals surface area contributed by atoms with Crippen molar-refractivity contribution in [2.45, 2.75) is 12.6 Å². The number of aryl methyl sites for hydroxylation is 1. The number of hydrogen-bond acceptors (Lipinski definition) is 5. The van der Waals surface area contributed by atoms with Gasteiger partial charge in [0.15, 0.2) is 5.69 Å². The number of ether oxygens (including phenoxy) is 1. The van der Waals surface area contributed by atoms with Crippen molar-refractivity contribution in [2.24, 2.45) is 7.05 Å². The average Bonchev–Trinajstić information content (AvgIpc) is 3.08. The molecule has 0 atom stereocenters. The summed E-state index contributed by atoms with van der Waals surface area (Å²) in [5.41, 5.74) is -1.09. The summed E-state index contributed by atoms with van der Waals surface area (Å²) in [6, 6.07) is 10.0. The van der Waals surface area contributed by atoms with Gasteiger partial charge in [-0.05, 0) is 30.2 Å². The maximum atomic E-state index is 13.1. The van der Waals surface area contributed by atoms with E-state index in [0.717, 1.165) is 10.2 Å². The number of hydrogen-bond donors (Lipinski definition) is 2. The number of halogens is 4. The first-order valence-corrected chi connectivity index (χ1v) is 10.0. The van der Waals surface area contributed by atoms with E-state index in [1.807, 2.05) is 0 Å². The van der Waals surface area contributed by atoms with Crippen LogP contribution in [0.2, 0.25) is 5.15 Å². The van der Waals surface area contributed by atoms with Gasteiger partial charge < -0.3 is 15.4 Å². The van der Waals surface area contributed by atoms with Gasteiger partial charge in [-0.1, -0.05) is 23.7 Å². The topological polar surface area (TPSA) is 98.1 Å². The van der Waals surface area contributed by atoms with Gasteiger partial charge in [-0.3, -0.25) is 19.3 Å². The molecule has 2 N–H and O–H groups in total. The first-order chi connectivity index (χ1) is 15.6. The first-order valence-electron chi connectivity index (χ1n) is 9.63. The van der Waals surface area contributed by atoms with Crippen molar-refractivity contribution in [3.05, 3.63) is 70.3 Å². The minimum atomic E-state index is -4.81. The number of aromatic nitrogens is 3. The fourth-order valence-corrected chi connectivity index (χ4v) is 3.15. The SMILES string of the molecule is CNC(=O)c1cc(Oc2cccc(CCNC(=O)c3c(C(F)(F)F)nn(C)c3Cl)c2)ccn1. The van der Waals surface area contributed by atoms with E-state index in [4.69, 9.17) is 16.3 Å². The third-order valence-electron chi connectivity index (χ3n) is 4.50. The third-order valence-corrected chi connectivity index (χ3v) is 4.93. The molecule has 2 amide bonds. The van der Waals surface area contributed by atoms with Crippen molar-refractivity contribution >= 4 is 23.4 Å². The lowest BCUT2D eigenvalue weighted by molar-refractivity contribution is -0.141. The molecule has 0 spiro atoms. The highest BCUT2D eigenvalue weighted by Crippen LogP contribution is 2.34. The van der Waals surface area contributed by atoms with Crippen LogP contribution in [0, 0.1) is 0 Å². The van der Waals surface area contributed by atoms with Crippen molar-refractivity contribution in [3.63, 3.8) is 0 Å². The van der Waals surface area contributed by atoms with Gasteiger partial charge in [0.1, 0.15) is 27.9 Å². The highest BCUT2D eigenvalue weighted by Gasteiger charge is 2.40. The molecule has 0 aliphatic carbocycles. The second-order valence-electron chi connectivity index (χ2n) is 6.85. The molecule has 174 valence electrons. The summed E-state index contributed by atoms with van der Waals surface area (Å²) in [7, 11) is 2.71. The highest BCUT2D eigenvalue weighted by molar-refractivity contribution is 6.33. The zero-order chi connectivity index (χ0) is 24.2. The molecule has 0 saturated carbocycles. The normalized spacial score (nSPS) is 11.2. The van der Waals surface area contributed by atoms with Gasteiger partial charge in [-0.15, -0.1) is 0 Å². The largest absolute Gasteiger partial charge is 0.457 e. The summed E-state index contributed by atoms with van der Waals surface area (Å²) in [6.07, 6.45) is -3.05. The molecule has 1 aromatic carbocycles. The van der Waals surface area contributed by atoms with Gasteiger partial charge >= 0.3 is 6.18 Å². The molecule has 8 nitrogen and oxygen atoms in total. The fourth-order valence-electron chi connectivity index (χ4n) is 2.94. The molecular weight excluding hydrogens is 463 g/mol. The minimum Gasteiger partial charge on any atom is -0.457 e. The minimum absolute atomic E-state index is 0.0564. The molecule has 0 aliphatic heterocycles. The Morgan fingerprint density at radius 1 is 1.15 bits per heavy atom. The Balaban J connectivity index is 1.65. The molecule has 0 fully saturated rings. The molecule has 0 aliphatic rings. The summed E-state index contributed by atoms with van der Waals surface area (Å²) >= 11 is 5.84. The Kier molecular flexibility index (Phi) is 7.22. The molecule has 3 aromatic rings. The molecule has 2 aromatic heterocycles. The molecule has 3 rings (SSSR count). The lowest BCUT2D eigenvalue weighted by Gasteiger charge is -2.10. The van der Waals surface area contributed by atoms with Crippen LogP contribution in [0.1, 0.15) is 32.1 Å². The van der Waals surface area contributed by atoms with Gasteiger partial charge in [-0.2, -0.15) is 18.3 Å².